The first-order valence-electron chi connectivity index (χ1n) is 12.7. The van der Waals surface area contributed by atoms with Crippen molar-refractivity contribution in [2.75, 3.05) is 33.9 Å². The molecule has 1 aliphatic rings. The highest BCUT2D eigenvalue weighted by atomic mass is 16.6. The number of nitrogens with two attached hydrogens (primary N) is 1. The Morgan fingerprint density at radius 3 is 2.42 bits per heavy atom. The third-order valence-corrected chi connectivity index (χ3v) is 7.11. The van der Waals surface area contributed by atoms with Crippen molar-refractivity contribution < 1.29 is 39.6 Å². The van der Waals surface area contributed by atoms with E-state index in [0.29, 0.717) is 29.9 Å². The molecule has 0 bridgehead atoms. The van der Waals surface area contributed by atoms with E-state index in [1.165, 1.54) is 6.07 Å². The Morgan fingerprint density at radius 2 is 1.89 bits per heavy atom. The number of oxime groups is 1. The van der Waals surface area contributed by atoms with Gasteiger partial charge in [-0.25, -0.2) is 0 Å². The molecule has 0 radical (unpaired) electrons. The summed E-state index contributed by atoms with van der Waals surface area (Å²) in [5.74, 6) is -3.56. The number of aromatic hydroxyl groups is 1. The van der Waals surface area contributed by atoms with Gasteiger partial charge in [0.2, 0.25) is 5.91 Å². The molecule has 0 heterocycles. The summed E-state index contributed by atoms with van der Waals surface area (Å²) in [7, 11) is 3.30. The van der Waals surface area contributed by atoms with Gasteiger partial charge in [0.1, 0.15) is 12.4 Å². The fourth-order valence-corrected chi connectivity index (χ4v) is 5.13. The van der Waals surface area contributed by atoms with Crippen LogP contribution in [0.4, 0.5) is 0 Å². The van der Waals surface area contributed by atoms with Crippen molar-refractivity contribution >= 4 is 23.2 Å². The monoisotopic (exact) mass is 535 g/mol. The maximum Gasteiger partial charge on any atom is 0.224 e. The number of fused-ring (bicyclic) bond motifs is 1. The van der Waals surface area contributed by atoms with Gasteiger partial charge in [0.25, 0.3) is 0 Å². The topological polar surface area (TPSA) is 183 Å². The first-order chi connectivity index (χ1) is 17.8. The van der Waals surface area contributed by atoms with Gasteiger partial charge in [0.05, 0.1) is 30.9 Å². The molecule has 0 saturated carbocycles. The molecular weight excluding hydrogens is 494 g/mol. The van der Waals surface area contributed by atoms with Gasteiger partial charge < -0.3 is 35.9 Å². The molecular formula is C27H41N3O8. The Bertz CT molecular complexity index is 1060. The number of amides is 1. The number of aliphatic hydroxyl groups excluding tert-OH is 2. The van der Waals surface area contributed by atoms with E-state index in [4.69, 9.17) is 10.6 Å². The van der Waals surface area contributed by atoms with Gasteiger partial charge in [-0.1, -0.05) is 19.0 Å². The molecule has 0 aliphatic heterocycles. The fraction of sp³-hybridized carbons (Fsp3) is 0.630. The average Bonchev–Trinajstić information content (AvgIpc) is 2.82. The fourth-order valence-electron chi connectivity index (χ4n) is 5.13. The van der Waals surface area contributed by atoms with Crippen LogP contribution in [0.2, 0.25) is 0 Å². The van der Waals surface area contributed by atoms with Gasteiger partial charge in [-0.15, -0.1) is 0 Å². The third kappa shape index (κ3) is 7.16. The minimum atomic E-state index is -2.38. The van der Waals surface area contributed by atoms with Crippen LogP contribution < -0.4 is 5.73 Å². The van der Waals surface area contributed by atoms with E-state index < -0.39 is 54.8 Å². The number of nitrogens with zero attached hydrogens (tertiary/aromatic N) is 2. The van der Waals surface area contributed by atoms with Crippen LogP contribution in [0.25, 0.3) is 0 Å². The van der Waals surface area contributed by atoms with Crippen molar-refractivity contribution in [2.24, 2.45) is 28.6 Å². The maximum atomic E-state index is 13.2. The predicted molar refractivity (Wildman–Crippen MR) is 141 cm³/mol. The van der Waals surface area contributed by atoms with Gasteiger partial charge >= 0.3 is 0 Å². The molecule has 11 nitrogen and oxygen atoms in total. The van der Waals surface area contributed by atoms with E-state index in [1.807, 2.05) is 13.8 Å². The normalized spacial score (nSPS) is 19.2. The highest BCUT2D eigenvalue weighted by Gasteiger charge is 2.49. The lowest BCUT2D eigenvalue weighted by atomic mass is 9.69. The second kappa shape index (κ2) is 13.3. The number of Topliss-reactive ketones (excluding diaryl/α,β-unsaturated/α-hetero) is 2. The van der Waals surface area contributed by atoms with E-state index in [2.05, 4.69) is 5.16 Å². The number of phenols is 1. The number of hydrogen-bond donors (Lipinski definition) is 5. The predicted octanol–water partition coefficient (Wildman–Crippen LogP) is 0.631. The van der Waals surface area contributed by atoms with Gasteiger partial charge in [0, 0.05) is 23.9 Å². The third-order valence-electron chi connectivity index (χ3n) is 7.11. The van der Waals surface area contributed by atoms with E-state index >= 15 is 0 Å². The molecule has 1 aromatic rings. The summed E-state index contributed by atoms with van der Waals surface area (Å²) in [5, 5.41) is 46.3. The smallest absolute Gasteiger partial charge is 0.224 e. The number of rotatable bonds is 14. The molecule has 0 unspecified atom stereocenters. The van der Waals surface area contributed by atoms with Crippen LogP contribution >= 0.6 is 0 Å². The van der Waals surface area contributed by atoms with Crippen LogP contribution in [0.15, 0.2) is 17.3 Å². The van der Waals surface area contributed by atoms with Crippen molar-refractivity contribution in [3.05, 3.63) is 28.8 Å². The van der Waals surface area contributed by atoms with E-state index in [-0.39, 0.29) is 35.9 Å². The molecule has 4 atom stereocenters. The number of hydrogen-bond acceptors (Lipinski definition) is 10. The lowest BCUT2D eigenvalue weighted by Crippen LogP contribution is -2.58. The van der Waals surface area contributed by atoms with E-state index in [9.17, 15) is 34.8 Å². The van der Waals surface area contributed by atoms with Crippen LogP contribution in [0.5, 0.6) is 5.75 Å². The van der Waals surface area contributed by atoms with Crippen molar-refractivity contribution in [1.29, 1.82) is 0 Å². The molecule has 2 rings (SSSR count). The minimum Gasteiger partial charge on any atom is -0.507 e. The lowest BCUT2D eigenvalue weighted by molar-refractivity contribution is -0.157. The molecule has 6 N–H and O–H groups in total. The van der Waals surface area contributed by atoms with Crippen molar-refractivity contribution in [1.82, 2.24) is 4.90 Å². The van der Waals surface area contributed by atoms with Crippen LogP contribution in [0.1, 0.15) is 61.5 Å². The van der Waals surface area contributed by atoms with Gasteiger partial charge in [-0.2, -0.15) is 0 Å². The van der Waals surface area contributed by atoms with Crippen molar-refractivity contribution in [3.8, 4) is 5.75 Å². The summed E-state index contributed by atoms with van der Waals surface area (Å²) in [6.07, 6.45) is -0.409. The molecule has 0 spiro atoms. The molecule has 0 aromatic heterocycles. The summed E-state index contributed by atoms with van der Waals surface area (Å²) in [6, 6.07) is 2.32. The molecule has 38 heavy (non-hydrogen) atoms. The number of carbonyl (C=O) groups is 3. The first kappa shape index (κ1) is 31.4. The first-order valence-corrected chi connectivity index (χ1v) is 12.7. The standard InChI is InChI=1S/C27H41N3O8/c1-15(2)13-38-29-16(3)18-6-7-22(33)26-19(18)8-17(10-23(26)34)9-20(21(12-31)30(4)5)27(37,14-32)24(35)11-25(28)36/h6-7,15,17,20-21,31-33,37H,8-14H2,1-5H3,(H2,28,36)/t17-,20-,21+,27+/m0/s1. The average molecular weight is 536 g/mol. The van der Waals surface area contributed by atoms with E-state index in [0.717, 1.165) is 0 Å². The Kier molecular flexibility index (Phi) is 11.0. The Hall–Kier alpha value is -2.86. The SMILES string of the molecule is CC(=NOCC(C)C)c1ccc(O)c2c1C[C@@H](C[C@@H]([C@@H](CO)N(C)C)[C@](O)(CO)C(=O)CC(N)=O)CC2=O. The van der Waals surface area contributed by atoms with Gasteiger partial charge in [-0.3, -0.25) is 14.4 Å². The summed E-state index contributed by atoms with van der Waals surface area (Å²) in [6.45, 7) is 4.68. The highest BCUT2D eigenvalue weighted by Crippen LogP contribution is 2.40. The Labute approximate surface area is 223 Å². The van der Waals surface area contributed by atoms with Crippen molar-refractivity contribution in [2.45, 2.75) is 58.1 Å². The molecule has 212 valence electrons. The quantitative estimate of drug-likeness (QED) is 0.130. The number of phenolic OH excluding ortho intramolecular Hbond substituents is 1. The Balaban J connectivity index is 2.51. The number of ketones is 2. The second-order valence-corrected chi connectivity index (χ2v) is 10.8. The van der Waals surface area contributed by atoms with Crippen LogP contribution in [0, 0.1) is 17.8 Å². The number of aliphatic hydroxyl groups is 3. The Morgan fingerprint density at radius 1 is 1.24 bits per heavy atom. The number of likely N-dealkylation sites (N-methyl/N-ethyl adjacent to an activating group) is 1. The van der Waals surface area contributed by atoms with Crippen LogP contribution in [0.3, 0.4) is 0 Å². The number of carbonyl (C=O) groups excluding carboxylic acids is 3. The highest BCUT2D eigenvalue weighted by molar-refractivity contribution is 6.07. The zero-order valence-electron chi connectivity index (χ0n) is 22.8. The zero-order valence-corrected chi connectivity index (χ0v) is 22.8. The largest absolute Gasteiger partial charge is 0.507 e. The number of primary amides is 1. The summed E-state index contributed by atoms with van der Waals surface area (Å²) in [5.41, 5.74) is 4.72. The molecule has 11 heteroatoms. The van der Waals surface area contributed by atoms with Gasteiger partial charge in [0.15, 0.2) is 17.2 Å². The van der Waals surface area contributed by atoms with Crippen molar-refractivity contribution in [3.63, 3.8) is 0 Å². The molecule has 1 aromatic carbocycles. The maximum absolute atomic E-state index is 13.2. The van der Waals surface area contributed by atoms with E-state index in [1.54, 1.807) is 32.0 Å². The second-order valence-electron chi connectivity index (χ2n) is 10.8. The summed E-state index contributed by atoms with van der Waals surface area (Å²) >= 11 is 0. The minimum absolute atomic E-state index is 0.0116. The zero-order chi connectivity index (χ0) is 28.8. The molecule has 0 fully saturated rings. The van der Waals surface area contributed by atoms with Gasteiger partial charge in [-0.05, 0) is 63.4 Å². The molecule has 1 aliphatic carbocycles. The molecule has 0 saturated heterocycles. The number of benzene rings is 1. The molecule has 1 amide bonds. The lowest BCUT2D eigenvalue weighted by Gasteiger charge is -2.42. The summed E-state index contributed by atoms with van der Waals surface area (Å²) in [4.78, 5) is 44.6. The van der Waals surface area contributed by atoms with Crippen LogP contribution in [-0.2, 0) is 20.8 Å². The van der Waals surface area contributed by atoms with Crippen LogP contribution in [-0.4, -0.2) is 94.1 Å². The summed E-state index contributed by atoms with van der Waals surface area (Å²) < 4.78 is 0.